The molecule has 0 saturated carbocycles. The predicted molar refractivity (Wildman–Crippen MR) is 58.7 cm³/mol. The van der Waals surface area contributed by atoms with Crippen LogP contribution in [0.1, 0.15) is 0 Å². The first kappa shape index (κ1) is 8.95. The summed E-state index contributed by atoms with van der Waals surface area (Å²) in [6, 6.07) is 6.69. The van der Waals surface area contributed by atoms with Crippen LogP contribution < -0.4 is 5.32 Å². The Bertz CT molecular complexity index is 481. The zero-order valence-corrected chi connectivity index (χ0v) is 9.33. The maximum atomic E-state index is 11.5. The lowest BCUT2D eigenvalue weighted by molar-refractivity contribution is 0.598. The summed E-state index contributed by atoms with van der Waals surface area (Å²) < 4.78 is 26.8. The number of nitrogens with one attached hydrogen (secondary N) is 1. The van der Waals surface area contributed by atoms with Crippen molar-refractivity contribution in [3.8, 4) is 0 Å². The summed E-state index contributed by atoms with van der Waals surface area (Å²) in [6.07, 6.45) is 0. The van der Waals surface area contributed by atoms with Crippen LogP contribution in [0.4, 0.5) is 5.69 Å². The molecule has 0 unspecified atom stereocenters. The molecule has 1 heterocycles. The van der Waals surface area contributed by atoms with Crippen LogP contribution >= 0.6 is 22.6 Å². The molecule has 0 atom stereocenters. The Balaban J connectivity index is 2.73. The van der Waals surface area contributed by atoms with E-state index in [-0.39, 0.29) is 4.90 Å². The molecule has 4 nitrogen and oxygen atoms in total. The van der Waals surface area contributed by atoms with Crippen molar-refractivity contribution in [3.05, 3.63) is 24.3 Å². The van der Waals surface area contributed by atoms with Gasteiger partial charge in [0.1, 0.15) is 4.90 Å². The molecule has 13 heavy (non-hydrogen) atoms. The minimum Gasteiger partial charge on any atom is -0.333 e. The molecule has 1 aromatic carbocycles. The third kappa shape index (κ3) is 1.55. The highest BCUT2D eigenvalue weighted by Gasteiger charge is 2.22. The van der Waals surface area contributed by atoms with Crippen molar-refractivity contribution >= 4 is 42.1 Å². The minimum absolute atomic E-state index is 0.232. The quantitative estimate of drug-likeness (QED) is 0.585. The first-order chi connectivity index (χ1) is 6.09. The third-order valence-electron chi connectivity index (χ3n) is 1.60. The van der Waals surface area contributed by atoms with Crippen molar-refractivity contribution in [3.63, 3.8) is 0 Å². The van der Waals surface area contributed by atoms with Crippen molar-refractivity contribution in [1.29, 1.82) is 0 Å². The standard InChI is InChI=1S/C7H5IN2O2S/c8-7-9-5-3-1-2-4-6(5)13(11,12)10-7/h1-4H,(H,9,10). The number of hydrogen-bond donors (Lipinski definition) is 1. The lowest BCUT2D eigenvalue weighted by atomic mass is 10.3. The van der Waals surface area contributed by atoms with E-state index in [0.717, 1.165) is 0 Å². The molecule has 0 amide bonds. The fourth-order valence-electron chi connectivity index (χ4n) is 1.08. The number of para-hydroxylation sites is 1. The van der Waals surface area contributed by atoms with Crippen molar-refractivity contribution in [2.45, 2.75) is 4.90 Å². The van der Waals surface area contributed by atoms with Gasteiger partial charge in [-0.15, -0.1) is 4.40 Å². The number of sulfonamides is 1. The number of fused-ring (bicyclic) bond motifs is 1. The summed E-state index contributed by atoms with van der Waals surface area (Å²) in [6.45, 7) is 0. The van der Waals surface area contributed by atoms with E-state index in [1.165, 1.54) is 6.07 Å². The summed E-state index contributed by atoms with van der Waals surface area (Å²) >= 11 is 1.84. The number of amidine groups is 1. The van der Waals surface area contributed by atoms with E-state index < -0.39 is 10.0 Å². The molecule has 0 spiro atoms. The normalized spacial score (nSPS) is 18.4. The number of nitrogens with zero attached hydrogens (tertiary/aromatic N) is 1. The molecule has 1 aliphatic rings. The zero-order chi connectivity index (χ0) is 9.47. The number of benzene rings is 1. The Hall–Kier alpha value is -0.630. The SMILES string of the molecule is O=S1(=O)N=C(I)Nc2ccccc21. The predicted octanol–water partition coefficient (Wildman–Crippen LogP) is 1.59. The smallest absolute Gasteiger partial charge is 0.286 e. The molecular formula is C7H5IN2O2S. The molecule has 0 bridgehead atoms. The van der Waals surface area contributed by atoms with E-state index in [1.807, 2.05) is 22.6 Å². The van der Waals surface area contributed by atoms with Crippen LogP contribution in [0.25, 0.3) is 0 Å². The lowest BCUT2D eigenvalue weighted by Crippen LogP contribution is -2.16. The van der Waals surface area contributed by atoms with E-state index in [0.29, 0.717) is 9.53 Å². The zero-order valence-electron chi connectivity index (χ0n) is 6.36. The second-order valence-electron chi connectivity index (χ2n) is 2.48. The lowest BCUT2D eigenvalue weighted by Gasteiger charge is -2.13. The minimum atomic E-state index is -3.47. The molecular weight excluding hydrogens is 303 g/mol. The van der Waals surface area contributed by atoms with Gasteiger partial charge in [0.2, 0.25) is 0 Å². The van der Waals surface area contributed by atoms with Crippen molar-refractivity contribution in [1.82, 2.24) is 0 Å². The van der Waals surface area contributed by atoms with E-state index in [1.54, 1.807) is 18.2 Å². The van der Waals surface area contributed by atoms with Gasteiger partial charge in [0.05, 0.1) is 5.69 Å². The van der Waals surface area contributed by atoms with E-state index in [4.69, 9.17) is 0 Å². The first-order valence-corrected chi connectivity index (χ1v) is 5.98. The molecule has 0 fully saturated rings. The van der Waals surface area contributed by atoms with Crippen molar-refractivity contribution < 1.29 is 8.42 Å². The van der Waals surface area contributed by atoms with Gasteiger partial charge in [0.15, 0.2) is 3.84 Å². The van der Waals surface area contributed by atoms with E-state index in [9.17, 15) is 8.42 Å². The maximum absolute atomic E-state index is 11.5. The Morgan fingerprint density at radius 2 is 2.00 bits per heavy atom. The van der Waals surface area contributed by atoms with Gasteiger partial charge >= 0.3 is 0 Å². The molecule has 1 aliphatic heterocycles. The second-order valence-corrected chi connectivity index (χ2v) is 5.07. The Morgan fingerprint density at radius 3 is 2.77 bits per heavy atom. The summed E-state index contributed by atoms with van der Waals surface area (Å²) in [5.74, 6) is 0. The van der Waals surface area contributed by atoms with Gasteiger partial charge in [0, 0.05) is 22.6 Å². The largest absolute Gasteiger partial charge is 0.333 e. The monoisotopic (exact) mass is 308 g/mol. The average Bonchev–Trinajstić information content (AvgIpc) is 2.02. The molecule has 6 heteroatoms. The fourth-order valence-corrected chi connectivity index (χ4v) is 3.15. The van der Waals surface area contributed by atoms with Crippen LogP contribution in [-0.2, 0) is 10.0 Å². The molecule has 2 rings (SSSR count). The third-order valence-corrected chi connectivity index (χ3v) is 3.78. The molecule has 1 aromatic rings. The van der Waals surface area contributed by atoms with Crippen LogP contribution in [0.3, 0.4) is 0 Å². The van der Waals surface area contributed by atoms with Gasteiger partial charge in [-0.1, -0.05) is 12.1 Å². The summed E-state index contributed by atoms with van der Waals surface area (Å²) in [5.41, 5.74) is 0.585. The average molecular weight is 308 g/mol. The highest BCUT2D eigenvalue weighted by molar-refractivity contribution is 14.1. The van der Waals surface area contributed by atoms with Gasteiger partial charge in [-0.25, -0.2) is 0 Å². The Morgan fingerprint density at radius 1 is 1.31 bits per heavy atom. The van der Waals surface area contributed by atoms with Crippen LogP contribution in [0.5, 0.6) is 0 Å². The van der Waals surface area contributed by atoms with Crippen LogP contribution in [0, 0.1) is 0 Å². The molecule has 0 saturated heterocycles. The van der Waals surface area contributed by atoms with Gasteiger partial charge in [-0.05, 0) is 12.1 Å². The Kier molecular flexibility index (Phi) is 2.03. The van der Waals surface area contributed by atoms with Crippen LogP contribution in [-0.4, -0.2) is 12.3 Å². The molecule has 1 N–H and O–H groups in total. The van der Waals surface area contributed by atoms with Gasteiger partial charge in [0.25, 0.3) is 10.0 Å². The molecule has 0 radical (unpaired) electrons. The van der Waals surface area contributed by atoms with Crippen molar-refractivity contribution in [2.75, 3.05) is 5.32 Å². The molecule has 0 aromatic heterocycles. The summed E-state index contributed by atoms with van der Waals surface area (Å²) in [4.78, 5) is 0.232. The topological polar surface area (TPSA) is 58.5 Å². The van der Waals surface area contributed by atoms with E-state index >= 15 is 0 Å². The van der Waals surface area contributed by atoms with Crippen LogP contribution in [0.2, 0.25) is 0 Å². The second kappa shape index (κ2) is 2.95. The van der Waals surface area contributed by atoms with Gasteiger partial charge in [-0.2, -0.15) is 8.42 Å². The van der Waals surface area contributed by atoms with E-state index in [2.05, 4.69) is 9.71 Å². The van der Waals surface area contributed by atoms with Gasteiger partial charge < -0.3 is 5.32 Å². The number of halogens is 1. The van der Waals surface area contributed by atoms with Crippen molar-refractivity contribution in [2.24, 2.45) is 4.40 Å². The molecule has 0 aliphatic carbocycles. The number of rotatable bonds is 0. The Labute approximate surface area is 89.3 Å². The highest BCUT2D eigenvalue weighted by atomic mass is 127. The highest BCUT2D eigenvalue weighted by Crippen LogP contribution is 2.27. The maximum Gasteiger partial charge on any atom is 0.286 e. The summed E-state index contributed by atoms with van der Waals surface area (Å²) in [5, 5.41) is 2.87. The van der Waals surface area contributed by atoms with Gasteiger partial charge in [-0.3, -0.25) is 0 Å². The van der Waals surface area contributed by atoms with Crippen LogP contribution in [0.15, 0.2) is 33.6 Å². The molecule has 68 valence electrons. The summed E-state index contributed by atoms with van der Waals surface area (Å²) in [7, 11) is -3.47. The number of hydrogen-bond acceptors (Lipinski definition) is 3. The fraction of sp³-hybridized carbons (Fsp3) is 0. The number of anilines is 1. The first-order valence-electron chi connectivity index (χ1n) is 3.46.